The number of halogens is 1. The topological polar surface area (TPSA) is 69.7 Å². The van der Waals surface area contributed by atoms with Crippen molar-refractivity contribution in [2.24, 2.45) is 0 Å². The molecule has 1 heterocycles. The Morgan fingerprint density at radius 2 is 2.00 bits per heavy atom. The molecule has 3 rings (SSSR count). The fourth-order valence-electron chi connectivity index (χ4n) is 2.60. The summed E-state index contributed by atoms with van der Waals surface area (Å²) in [6.07, 6.45) is 3.23. The van der Waals surface area contributed by atoms with E-state index in [1.54, 1.807) is 49.8 Å². The molecule has 0 saturated carbocycles. The monoisotopic (exact) mass is 412 g/mol. The number of anilines is 1. The molecule has 0 aliphatic rings. The number of hydrogen-bond donors (Lipinski definition) is 1. The molecule has 29 heavy (non-hydrogen) atoms. The molecular weight excluding hydrogens is 392 g/mol. The Labute approximate surface area is 174 Å². The van der Waals surface area contributed by atoms with Crippen molar-refractivity contribution in [2.75, 3.05) is 19.0 Å². The Morgan fingerprint density at radius 3 is 2.79 bits per heavy atom. The van der Waals surface area contributed by atoms with Crippen LogP contribution in [-0.2, 0) is 11.3 Å². The number of alkyl halides is 1. The number of para-hydroxylation sites is 1. The van der Waals surface area contributed by atoms with Crippen LogP contribution in [0.3, 0.4) is 0 Å². The van der Waals surface area contributed by atoms with Crippen molar-refractivity contribution in [3.8, 4) is 11.5 Å². The zero-order chi connectivity index (χ0) is 20.5. The first-order valence-electron chi connectivity index (χ1n) is 8.97. The zero-order valence-electron chi connectivity index (χ0n) is 15.9. The molecule has 1 N–H and O–H groups in total. The Morgan fingerprint density at radius 1 is 1.14 bits per heavy atom. The number of aromatic nitrogens is 1. The van der Waals surface area contributed by atoms with Gasteiger partial charge >= 0.3 is 0 Å². The molecule has 150 valence electrons. The molecule has 0 aliphatic carbocycles. The Hall–Kier alpha value is -3.09. The molecular formula is C22H21ClN2O4. The molecule has 1 amide bonds. The largest absolute Gasteiger partial charge is 0.488 e. The van der Waals surface area contributed by atoms with E-state index in [9.17, 15) is 4.79 Å². The van der Waals surface area contributed by atoms with Gasteiger partial charge < -0.3 is 19.5 Å². The van der Waals surface area contributed by atoms with E-state index in [-0.39, 0.29) is 19.1 Å². The Kier molecular flexibility index (Phi) is 7.44. The summed E-state index contributed by atoms with van der Waals surface area (Å²) >= 11 is 6.04. The van der Waals surface area contributed by atoms with Crippen molar-refractivity contribution < 1.29 is 19.0 Å². The van der Waals surface area contributed by atoms with E-state index in [0.717, 1.165) is 5.56 Å². The minimum Gasteiger partial charge on any atom is -0.488 e. The number of ether oxygens (including phenoxy) is 3. The summed E-state index contributed by atoms with van der Waals surface area (Å²) < 4.78 is 16.5. The molecule has 0 bridgehead atoms. The molecule has 1 atom stereocenters. The molecule has 0 aliphatic heterocycles. The van der Waals surface area contributed by atoms with Crippen molar-refractivity contribution in [3.63, 3.8) is 0 Å². The van der Waals surface area contributed by atoms with Crippen LogP contribution < -0.4 is 14.8 Å². The quantitative estimate of drug-likeness (QED) is 0.524. The highest BCUT2D eigenvalue weighted by Gasteiger charge is 2.13. The zero-order valence-corrected chi connectivity index (χ0v) is 16.6. The standard InChI is InChI=1S/C22H21ClN2O4/c1-27-15-21(23)29-18-8-4-6-16(12-18)14-28-20-10-3-2-9-19(20)22(26)25-17-7-5-11-24-13-17/h2-13,21H,14-15H2,1H3,(H,25,26). The summed E-state index contributed by atoms with van der Waals surface area (Å²) in [6, 6.07) is 18.0. The molecule has 0 fully saturated rings. The molecule has 1 unspecified atom stereocenters. The SMILES string of the molecule is COCC(Cl)Oc1cccc(COc2ccccc2C(=O)Nc2cccnc2)c1. The van der Waals surface area contributed by atoms with Crippen LogP contribution in [0.15, 0.2) is 73.1 Å². The van der Waals surface area contributed by atoms with Crippen LogP contribution in [0.25, 0.3) is 0 Å². The number of benzene rings is 2. The second-order valence-electron chi connectivity index (χ2n) is 6.11. The van der Waals surface area contributed by atoms with Crippen molar-refractivity contribution in [1.82, 2.24) is 4.98 Å². The van der Waals surface area contributed by atoms with Crippen LogP contribution in [0.5, 0.6) is 11.5 Å². The number of amides is 1. The summed E-state index contributed by atoms with van der Waals surface area (Å²) in [5, 5.41) is 2.81. The smallest absolute Gasteiger partial charge is 0.259 e. The first-order valence-corrected chi connectivity index (χ1v) is 9.41. The van der Waals surface area contributed by atoms with E-state index in [1.165, 1.54) is 0 Å². The van der Waals surface area contributed by atoms with Crippen LogP contribution in [0, 0.1) is 0 Å². The van der Waals surface area contributed by atoms with E-state index in [1.807, 2.05) is 30.3 Å². The second-order valence-corrected chi connectivity index (χ2v) is 6.60. The fourth-order valence-corrected chi connectivity index (χ4v) is 2.83. The van der Waals surface area contributed by atoms with Crippen molar-refractivity contribution in [3.05, 3.63) is 84.2 Å². The van der Waals surface area contributed by atoms with Crippen molar-refractivity contribution in [1.29, 1.82) is 0 Å². The molecule has 6 nitrogen and oxygen atoms in total. The number of hydrogen-bond acceptors (Lipinski definition) is 5. The van der Waals surface area contributed by atoms with Gasteiger partial charge in [0, 0.05) is 13.3 Å². The number of methoxy groups -OCH3 is 1. The summed E-state index contributed by atoms with van der Waals surface area (Å²) in [7, 11) is 1.56. The van der Waals surface area contributed by atoms with Gasteiger partial charge in [0.2, 0.25) is 0 Å². The maximum absolute atomic E-state index is 12.6. The van der Waals surface area contributed by atoms with Gasteiger partial charge in [0.1, 0.15) is 18.1 Å². The molecule has 1 aromatic heterocycles. The number of nitrogens with zero attached hydrogens (tertiary/aromatic N) is 1. The van der Waals surface area contributed by atoms with Gasteiger partial charge in [-0.3, -0.25) is 9.78 Å². The lowest BCUT2D eigenvalue weighted by Crippen LogP contribution is -2.15. The van der Waals surface area contributed by atoms with E-state index < -0.39 is 5.56 Å². The number of nitrogens with one attached hydrogen (secondary N) is 1. The third kappa shape index (κ3) is 6.20. The number of rotatable bonds is 9. The molecule has 7 heteroatoms. The fraction of sp³-hybridized carbons (Fsp3) is 0.182. The average Bonchev–Trinajstić information content (AvgIpc) is 2.73. The maximum Gasteiger partial charge on any atom is 0.259 e. The van der Waals surface area contributed by atoms with E-state index in [4.69, 9.17) is 25.8 Å². The van der Waals surface area contributed by atoms with Crippen LogP contribution >= 0.6 is 11.6 Å². The number of pyridine rings is 1. The van der Waals surface area contributed by atoms with Gasteiger partial charge in [-0.2, -0.15) is 0 Å². The highest BCUT2D eigenvalue weighted by Crippen LogP contribution is 2.22. The van der Waals surface area contributed by atoms with Gasteiger partial charge in [0.25, 0.3) is 5.91 Å². The lowest BCUT2D eigenvalue weighted by molar-refractivity contribution is 0.102. The second kappa shape index (κ2) is 10.5. The minimum absolute atomic E-state index is 0.268. The highest BCUT2D eigenvalue weighted by molar-refractivity contribution is 6.20. The minimum atomic E-state index is -0.576. The summed E-state index contributed by atoms with van der Waals surface area (Å²) in [5.74, 6) is 0.829. The van der Waals surface area contributed by atoms with Gasteiger partial charge in [-0.15, -0.1) is 0 Å². The molecule has 2 aromatic carbocycles. The third-order valence-corrected chi connectivity index (χ3v) is 4.12. The Balaban J connectivity index is 1.66. The number of carbonyl (C=O) groups is 1. The Bertz CT molecular complexity index is 937. The van der Waals surface area contributed by atoms with Gasteiger partial charge in [-0.25, -0.2) is 0 Å². The average molecular weight is 413 g/mol. The first-order chi connectivity index (χ1) is 14.2. The first kappa shape index (κ1) is 20.6. The van der Waals surface area contributed by atoms with E-state index in [2.05, 4.69) is 10.3 Å². The van der Waals surface area contributed by atoms with Crippen molar-refractivity contribution in [2.45, 2.75) is 12.2 Å². The third-order valence-electron chi connectivity index (χ3n) is 3.91. The van der Waals surface area contributed by atoms with Gasteiger partial charge in [0.15, 0.2) is 5.56 Å². The molecule has 0 radical (unpaired) electrons. The van der Waals surface area contributed by atoms with E-state index in [0.29, 0.717) is 22.7 Å². The van der Waals surface area contributed by atoms with E-state index >= 15 is 0 Å². The highest BCUT2D eigenvalue weighted by atomic mass is 35.5. The van der Waals surface area contributed by atoms with Crippen LogP contribution in [0.2, 0.25) is 0 Å². The summed E-state index contributed by atoms with van der Waals surface area (Å²) in [6.45, 7) is 0.549. The lowest BCUT2D eigenvalue weighted by atomic mass is 10.1. The van der Waals surface area contributed by atoms with Crippen LogP contribution in [0.1, 0.15) is 15.9 Å². The molecule has 3 aromatic rings. The summed E-state index contributed by atoms with van der Waals surface area (Å²) in [4.78, 5) is 16.6. The number of carbonyl (C=O) groups excluding carboxylic acids is 1. The van der Waals surface area contributed by atoms with Gasteiger partial charge in [-0.1, -0.05) is 35.9 Å². The van der Waals surface area contributed by atoms with Crippen LogP contribution in [0.4, 0.5) is 5.69 Å². The maximum atomic E-state index is 12.6. The predicted octanol–water partition coefficient (Wildman–Crippen LogP) is 4.50. The predicted molar refractivity (Wildman–Crippen MR) is 112 cm³/mol. The normalized spacial score (nSPS) is 11.5. The molecule has 0 saturated heterocycles. The van der Waals surface area contributed by atoms with Crippen LogP contribution in [-0.4, -0.2) is 30.2 Å². The lowest BCUT2D eigenvalue weighted by Gasteiger charge is -2.14. The van der Waals surface area contributed by atoms with Gasteiger partial charge in [0.05, 0.1) is 24.1 Å². The molecule has 0 spiro atoms. The van der Waals surface area contributed by atoms with Crippen molar-refractivity contribution >= 4 is 23.2 Å². The van der Waals surface area contributed by atoms with Gasteiger partial charge in [-0.05, 0) is 42.0 Å². The summed E-state index contributed by atoms with van der Waals surface area (Å²) in [5.41, 5.74) is 1.35.